The Labute approximate surface area is 197 Å². The van der Waals surface area contributed by atoms with Crippen molar-refractivity contribution in [2.24, 2.45) is 7.05 Å². The van der Waals surface area contributed by atoms with Crippen LogP contribution in [0.1, 0.15) is 46.0 Å². The van der Waals surface area contributed by atoms with E-state index in [1.54, 1.807) is 31.4 Å². The lowest BCUT2D eigenvalue weighted by Gasteiger charge is -2.53. The SMILES string of the molecule is Cn1ccc(-c2cc(O)c(-c3ccc(O[C@H]4C[C@]5(C)CCC[C@](C)(C4)N5)nn3)cc2F)cc1=O. The number of benzene rings is 1. The van der Waals surface area contributed by atoms with Crippen LogP contribution in [0, 0.1) is 5.82 Å². The second-order valence-corrected chi connectivity index (χ2v) is 10.2. The maximum Gasteiger partial charge on any atom is 0.250 e. The van der Waals surface area contributed by atoms with Gasteiger partial charge in [-0.15, -0.1) is 10.2 Å². The molecule has 2 saturated heterocycles. The lowest BCUT2D eigenvalue weighted by atomic mass is 9.70. The van der Waals surface area contributed by atoms with E-state index >= 15 is 0 Å². The van der Waals surface area contributed by atoms with Crippen LogP contribution in [-0.4, -0.2) is 37.1 Å². The van der Waals surface area contributed by atoms with Crippen LogP contribution in [0.15, 0.2) is 47.4 Å². The summed E-state index contributed by atoms with van der Waals surface area (Å²) in [5.41, 5.74) is 0.967. The van der Waals surface area contributed by atoms with Gasteiger partial charge in [0.2, 0.25) is 5.88 Å². The van der Waals surface area contributed by atoms with Crippen molar-refractivity contribution in [3.63, 3.8) is 0 Å². The summed E-state index contributed by atoms with van der Waals surface area (Å²) in [5.74, 6) is -0.296. The van der Waals surface area contributed by atoms with Crippen LogP contribution in [0.2, 0.25) is 0 Å². The van der Waals surface area contributed by atoms with Gasteiger partial charge in [-0.25, -0.2) is 4.39 Å². The Morgan fingerprint density at radius 3 is 2.47 bits per heavy atom. The number of rotatable bonds is 4. The molecule has 4 heterocycles. The number of hydrogen-bond donors (Lipinski definition) is 2. The number of aryl methyl sites for hydroxylation is 1. The Bertz CT molecular complexity index is 1270. The number of piperidine rings is 2. The zero-order chi connectivity index (χ0) is 24.1. The van der Waals surface area contributed by atoms with Crippen molar-refractivity contribution in [2.45, 2.75) is 63.1 Å². The molecular weight excluding hydrogens is 435 g/mol. The molecule has 1 aromatic carbocycles. The third-order valence-corrected chi connectivity index (χ3v) is 7.12. The first-order chi connectivity index (χ1) is 16.1. The van der Waals surface area contributed by atoms with Gasteiger partial charge in [0.1, 0.15) is 17.7 Å². The summed E-state index contributed by atoms with van der Waals surface area (Å²) in [5, 5.41) is 22.7. The van der Waals surface area contributed by atoms with Gasteiger partial charge in [0, 0.05) is 60.4 Å². The maximum atomic E-state index is 14.9. The van der Waals surface area contributed by atoms with E-state index in [1.165, 1.54) is 29.2 Å². The number of phenolic OH excluding ortho intramolecular Hbond substituents is 1. The Balaban J connectivity index is 1.36. The van der Waals surface area contributed by atoms with E-state index in [0.29, 0.717) is 17.1 Å². The van der Waals surface area contributed by atoms with Crippen LogP contribution < -0.4 is 15.6 Å². The van der Waals surface area contributed by atoms with Crippen LogP contribution in [0.25, 0.3) is 22.4 Å². The highest BCUT2D eigenvalue weighted by molar-refractivity contribution is 5.74. The minimum absolute atomic E-state index is 0.0420. The van der Waals surface area contributed by atoms with Crippen molar-refractivity contribution in [1.29, 1.82) is 0 Å². The molecule has 2 fully saturated rings. The molecule has 0 spiro atoms. The summed E-state index contributed by atoms with van der Waals surface area (Å²) in [4.78, 5) is 11.9. The first-order valence-electron chi connectivity index (χ1n) is 11.6. The Morgan fingerprint density at radius 1 is 1.09 bits per heavy atom. The summed E-state index contributed by atoms with van der Waals surface area (Å²) in [6, 6.07) is 8.85. The molecule has 3 atom stereocenters. The van der Waals surface area contributed by atoms with E-state index in [4.69, 9.17) is 4.74 Å². The monoisotopic (exact) mass is 464 g/mol. The number of halogens is 1. The van der Waals surface area contributed by atoms with E-state index in [2.05, 4.69) is 29.4 Å². The average molecular weight is 465 g/mol. The lowest BCUT2D eigenvalue weighted by molar-refractivity contribution is 0.00726. The number of pyridine rings is 1. The van der Waals surface area contributed by atoms with Crippen molar-refractivity contribution in [2.75, 3.05) is 0 Å². The number of aromatic hydroxyl groups is 1. The number of aromatic nitrogens is 3. The fourth-order valence-electron chi connectivity index (χ4n) is 5.59. The zero-order valence-electron chi connectivity index (χ0n) is 19.6. The Kier molecular flexibility index (Phi) is 5.43. The highest BCUT2D eigenvalue weighted by Gasteiger charge is 2.46. The minimum atomic E-state index is -0.564. The molecule has 2 aromatic heterocycles. The standard InChI is InChI=1S/C26H29FN4O3/c1-25-8-4-9-26(2,30-25)15-17(14-25)34-23-6-5-21(28-29-23)19-12-20(27)18(13-22(19)32)16-7-10-31(3)24(33)11-16/h5-7,10-13,17,30,32H,4,8-9,14-15H2,1-3H3/t17-,25-,26+. The number of nitrogens with one attached hydrogen (secondary N) is 1. The molecule has 0 saturated carbocycles. The van der Waals surface area contributed by atoms with Gasteiger partial charge in [-0.2, -0.15) is 0 Å². The quantitative estimate of drug-likeness (QED) is 0.602. The highest BCUT2D eigenvalue weighted by atomic mass is 19.1. The zero-order valence-corrected chi connectivity index (χ0v) is 19.6. The molecule has 3 aromatic rings. The molecule has 2 aliphatic rings. The highest BCUT2D eigenvalue weighted by Crippen LogP contribution is 2.41. The largest absolute Gasteiger partial charge is 0.507 e. The van der Waals surface area contributed by atoms with Crippen molar-refractivity contribution >= 4 is 0 Å². The van der Waals surface area contributed by atoms with E-state index < -0.39 is 5.82 Å². The van der Waals surface area contributed by atoms with Crippen molar-refractivity contribution < 1.29 is 14.2 Å². The smallest absolute Gasteiger partial charge is 0.250 e. The fraction of sp³-hybridized carbons (Fsp3) is 0.423. The predicted molar refractivity (Wildman–Crippen MR) is 127 cm³/mol. The molecular formula is C26H29FN4O3. The molecule has 2 bridgehead atoms. The molecule has 0 aliphatic carbocycles. The summed E-state index contributed by atoms with van der Waals surface area (Å²) in [6.45, 7) is 4.51. The lowest BCUT2D eigenvalue weighted by Crippen LogP contribution is -2.65. The summed E-state index contributed by atoms with van der Waals surface area (Å²) in [7, 11) is 1.62. The second-order valence-electron chi connectivity index (χ2n) is 10.2. The molecule has 7 nitrogen and oxygen atoms in total. The van der Waals surface area contributed by atoms with Crippen LogP contribution >= 0.6 is 0 Å². The molecule has 5 rings (SSSR count). The molecule has 0 unspecified atom stereocenters. The summed E-state index contributed by atoms with van der Waals surface area (Å²) < 4.78 is 22.5. The molecule has 178 valence electrons. The van der Waals surface area contributed by atoms with Crippen LogP contribution in [0.3, 0.4) is 0 Å². The van der Waals surface area contributed by atoms with Gasteiger partial charge in [0.15, 0.2) is 0 Å². The molecule has 2 aliphatic heterocycles. The van der Waals surface area contributed by atoms with Crippen LogP contribution in [-0.2, 0) is 7.05 Å². The van der Waals surface area contributed by atoms with Crippen molar-refractivity contribution in [3.8, 4) is 34.0 Å². The number of nitrogens with zero attached hydrogens (tertiary/aromatic N) is 3. The Hall–Kier alpha value is -3.26. The van der Waals surface area contributed by atoms with Gasteiger partial charge in [-0.1, -0.05) is 0 Å². The van der Waals surface area contributed by atoms with Gasteiger partial charge in [-0.05, 0) is 62.9 Å². The molecule has 0 radical (unpaired) electrons. The summed E-state index contributed by atoms with van der Waals surface area (Å²) in [6.07, 6.45) is 6.89. The number of hydrogen-bond acceptors (Lipinski definition) is 6. The first-order valence-corrected chi connectivity index (χ1v) is 11.6. The molecule has 0 amide bonds. The number of ether oxygens (including phenoxy) is 1. The molecule has 34 heavy (non-hydrogen) atoms. The third-order valence-electron chi connectivity index (χ3n) is 7.12. The maximum absolute atomic E-state index is 14.9. The van der Waals surface area contributed by atoms with E-state index in [9.17, 15) is 14.3 Å². The van der Waals surface area contributed by atoms with Crippen molar-refractivity contribution in [3.05, 3.63) is 58.8 Å². The van der Waals surface area contributed by atoms with Gasteiger partial charge < -0.3 is 19.7 Å². The predicted octanol–water partition coefficient (Wildman–Crippen LogP) is 4.19. The molecule has 8 heteroatoms. The van der Waals surface area contributed by atoms with Gasteiger partial charge in [0.05, 0.1) is 5.69 Å². The van der Waals surface area contributed by atoms with Crippen molar-refractivity contribution in [1.82, 2.24) is 20.1 Å². The van der Waals surface area contributed by atoms with E-state index in [0.717, 1.165) is 25.7 Å². The van der Waals surface area contributed by atoms with Crippen LogP contribution in [0.5, 0.6) is 11.6 Å². The number of phenols is 1. The first kappa shape index (κ1) is 22.5. The average Bonchev–Trinajstić information content (AvgIpc) is 2.76. The normalized spacial score (nSPS) is 26.3. The second kappa shape index (κ2) is 8.20. The fourth-order valence-corrected chi connectivity index (χ4v) is 5.59. The third kappa shape index (κ3) is 4.30. The molecule has 2 N–H and O–H groups in total. The van der Waals surface area contributed by atoms with Gasteiger partial charge >= 0.3 is 0 Å². The van der Waals surface area contributed by atoms with Crippen LogP contribution in [0.4, 0.5) is 4.39 Å². The van der Waals surface area contributed by atoms with Gasteiger partial charge in [-0.3, -0.25) is 4.79 Å². The number of fused-ring (bicyclic) bond motifs is 2. The topological polar surface area (TPSA) is 89.3 Å². The Morgan fingerprint density at radius 2 is 1.82 bits per heavy atom. The van der Waals surface area contributed by atoms with E-state index in [-0.39, 0.29) is 39.6 Å². The van der Waals surface area contributed by atoms with Gasteiger partial charge in [0.25, 0.3) is 5.56 Å². The summed E-state index contributed by atoms with van der Waals surface area (Å²) >= 11 is 0. The van der Waals surface area contributed by atoms with E-state index in [1.807, 2.05) is 0 Å². The minimum Gasteiger partial charge on any atom is -0.507 e.